The molecule has 5 heteroatoms. The number of carbonyl (C=O) groups is 2. The predicted molar refractivity (Wildman–Crippen MR) is 82.9 cm³/mol. The zero-order chi connectivity index (χ0) is 15.1. The van der Waals surface area contributed by atoms with E-state index in [9.17, 15) is 9.59 Å². The number of unbranched alkanes of at least 4 members (excludes halogenated alkanes) is 1. The molecule has 0 aromatic heterocycles. The second kappa shape index (κ2) is 8.37. The molecule has 0 atom stereocenters. The molecular formula is C16H29N3O2. The molecule has 2 rings (SSSR count). The number of hydrogen-bond acceptors (Lipinski definition) is 3. The van der Waals surface area contributed by atoms with Gasteiger partial charge in [0.05, 0.1) is 6.54 Å². The molecule has 2 aliphatic rings. The standard InChI is InChI=1S/C16H29N3O2/c1-2-3-8-17-15(20)13-18-11-6-14(7-12-18)16(21)19-9-4-5-10-19/h14H,2-13H2,1H3,(H,17,20). The fourth-order valence-electron chi connectivity index (χ4n) is 3.20. The molecule has 0 aromatic rings. The first kappa shape index (κ1) is 16.3. The van der Waals surface area contributed by atoms with Gasteiger partial charge in [0.2, 0.25) is 11.8 Å². The Balaban J connectivity index is 1.65. The quantitative estimate of drug-likeness (QED) is 0.750. The molecule has 0 bridgehead atoms. The van der Waals surface area contributed by atoms with Crippen LogP contribution in [0.25, 0.3) is 0 Å². The van der Waals surface area contributed by atoms with Gasteiger partial charge in [0.15, 0.2) is 0 Å². The van der Waals surface area contributed by atoms with Crippen LogP contribution in [-0.4, -0.2) is 60.9 Å². The maximum atomic E-state index is 12.3. The Labute approximate surface area is 128 Å². The maximum Gasteiger partial charge on any atom is 0.234 e. The molecule has 0 radical (unpaired) electrons. The van der Waals surface area contributed by atoms with Crippen LogP contribution in [0.3, 0.4) is 0 Å². The van der Waals surface area contributed by atoms with E-state index in [1.54, 1.807) is 0 Å². The normalized spacial score (nSPS) is 20.7. The molecule has 0 unspecified atom stereocenters. The Hall–Kier alpha value is -1.10. The summed E-state index contributed by atoms with van der Waals surface area (Å²) in [6.45, 7) is 7.00. The first-order chi connectivity index (χ1) is 10.2. The zero-order valence-corrected chi connectivity index (χ0v) is 13.3. The van der Waals surface area contributed by atoms with E-state index in [1.165, 1.54) is 0 Å². The van der Waals surface area contributed by atoms with E-state index in [0.717, 1.165) is 71.2 Å². The number of piperidine rings is 1. The van der Waals surface area contributed by atoms with Gasteiger partial charge in [0.25, 0.3) is 0 Å². The third kappa shape index (κ3) is 4.99. The van der Waals surface area contributed by atoms with Gasteiger partial charge in [-0.1, -0.05) is 13.3 Å². The number of nitrogens with zero attached hydrogens (tertiary/aromatic N) is 2. The first-order valence-corrected chi connectivity index (χ1v) is 8.48. The van der Waals surface area contributed by atoms with Crippen LogP contribution >= 0.6 is 0 Å². The van der Waals surface area contributed by atoms with Gasteiger partial charge >= 0.3 is 0 Å². The van der Waals surface area contributed by atoms with Gasteiger partial charge in [-0.3, -0.25) is 14.5 Å². The minimum Gasteiger partial charge on any atom is -0.355 e. The Morgan fingerprint density at radius 3 is 2.38 bits per heavy atom. The van der Waals surface area contributed by atoms with Crippen LogP contribution in [0.2, 0.25) is 0 Å². The molecule has 0 saturated carbocycles. The van der Waals surface area contributed by atoms with Crippen molar-refractivity contribution >= 4 is 11.8 Å². The summed E-state index contributed by atoms with van der Waals surface area (Å²) in [5.41, 5.74) is 0. The van der Waals surface area contributed by atoms with Crippen molar-refractivity contribution in [3.05, 3.63) is 0 Å². The van der Waals surface area contributed by atoms with Gasteiger partial charge < -0.3 is 10.2 Å². The van der Waals surface area contributed by atoms with E-state index in [0.29, 0.717) is 12.5 Å². The number of rotatable bonds is 6. The number of carbonyl (C=O) groups excluding carboxylic acids is 2. The fraction of sp³-hybridized carbons (Fsp3) is 0.875. The van der Waals surface area contributed by atoms with E-state index in [-0.39, 0.29) is 11.8 Å². The van der Waals surface area contributed by atoms with Crippen molar-refractivity contribution in [2.75, 3.05) is 39.3 Å². The average Bonchev–Trinajstić information content (AvgIpc) is 3.02. The summed E-state index contributed by atoms with van der Waals surface area (Å²) in [4.78, 5) is 28.3. The van der Waals surface area contributed by atoms with Crippen molar-refractivity contribution in [2.45, 2.75) is 45.4 Å². The van der Waals surface area contributed by atoms with Gasteiger partial charge in [-0.15, -0.1) is 0 Å². The van der Waals surface area contributed by atoms with Crippen molar-refractivity contribution in [1.29, 1.82) is 0 Å². The van der Waals surface area contributed by atoms with Gasteiger partial charge in [-0.2, -0.15) is 0 Å². The SMILES string of the molecule is CCCCNC(=O)CN1CCC(C(=O)N2CCCC2)CC1. The number of likely N-dealkylation sites (tertiary alicyclic amines) is 2. The van der Waals surface area contributed by atoms with E-state index in [2.05, 4.69) is 17.1 Å². The molecule has 2 amide bonds. The fourth-order valence-corrected chi connectivity index (χ4v) is 3.20. The lowest BCUT2D eigenvalue weighted by atomic mass is 9.95. The van der Waals surface area contributed by atoms with Crippen LogP contribution in [0, 0.1) is 5.92 Å². The van der Waals surface area contributed by atoms with Crippen molar-refractivity contribution < 1.29 is 9.59 Å². The monoisotopic (exact) mass is 295 g/mol. The molecule has 5 nitrogen and oxygen atoms in total. The second-order valence-electron chi connectivity index (χ2n) is 6.29. The molecule has 1 N–H and O–H groups in total. The second-order valence-corrected chi connectivity index (χ2v) is 6.29. The van der Waals surface area contributed by atoms with E-state index in [4.69, 9.17) is 0 Å². The van der Waals surface area contributed by atoms with E-state index >= 15 is 0 Å². The number of nitrogens with one attached hydrogen (secondary N) is 1. The first-order valence-electron chi connectivity index (χ1n) is 8.48. The van der Waals surface area contributed by atoms with Crippen LogP contribution in [0.5, 0.6) is 0 Å². The molecule has 2 fully saturated rings. The molecule has 0 aromatic carbocycles. The van der Waals surface area contributed by atoms with Crippen molar-refractivity contribution in [2.24, 2.45) is 5.92 Å². The lowest BCUT2D eigenvalue weighted by Gasteiger charge is -2.32. The van der Waals surface area contributed by atoms with Gasteiger partial charge in [0, 0.05) is 25.6 Å². The number of amides is 2. The molecule has 0 aliphatic carbocycles. The smallest absolute Gasteiger partial charge is 0.234 e. The van der Waals surface area contributed by atoms with E-state index in [1.807, 2.05) is 4.90 Å². The van der Waals surface area contributed by atoms with Crippen LogP contribution in [0.15, 0.2) is 0 Å². The zero-order valence-electron chi connectivity index (χ0n) is 13.3. The Morgan fingerprint density at radius 1 is 1.10 bits per heavy atom. The Morgan fingerprint density at radius 2 is 1.76 bits per heavy atom. The molecule has 120 valence electrons. The van der Waals surface area contributed by atoms with Gasteiger partial charge in [-0.05, 0) is 45.2 Å². The minimum atomic E-state index is 0.118. The maximum absolute atomic E-state index is 12.3. The highest BCUT2D eigenvalue weighted by atomic mass is 16.2. The summed E-state index contributed by atoms with van der Waals surface area (Å²) in [6, 6.07) is 0. The lowest BCUT2D eigenvalue weighted by Crippen LogP contribution is -2.45. The molecule has 2 saturated heterocycles. The highest BCUT2D eigenvalue weighted by Gasteiger charge is 2.30. The third-order valence-corrected chi connectivity index (χ3v) is 4.57. The van der Waals surface area contributed by atoms with Crippen LogP contribution in [0.1, 0.15) is 45.4 Å². The third-order valence-electron chi connectivity index (χ3n) is 4.57. The molecular weight excluding hydrogens is 266 g/mol. The van der Waals surface area contributed by atoms with Crippen molar-refractivity contribution in [1.82, 2.24) is 15.1 Å². The number of hydrogen-bond donors (Lipinski definition) is 1. The predicted octanol–water partition coefficient (Wildman–Crippen LogP) is 1.24. The summed E-state index contributed by atoms with van der Waals surface area (Å²) in [6.07, 6.45) is 6.25. The van der Waals surface area contributed by atoms with E-state index < -0.39 is 0 Å². The average molecular weight is 295 g/mol. The molecule has 2 aliphatic heterocycles. The molecule has 21 heavy (non-hydrogen) atoms. The largest absolute Gasteiger partial charge is 0.355 e. The summed E-state index contributed by atoms with van der Waals surface area (Å²) in [5, 5.41) is 2.95. The van der Waals surface area contributed by atoms with Gasteiger partial charge in [-0.25, -0.2) is 0 Å². The van der Waals surface area contributed by atoms with Gasteiger partial charge in [0.1, 0.15) is 0 Å². The van der Waals surface area contributed by atoms with Crippen LogP contribution in [-0.2, 0) is 9.59 Å². The minimum absolute atomic E-state index is 0.118. The highest BCUT2D eigenvalue weighted by Crippen LogP contribution is 2.21. The summed E-state index contributed by atoms with van der Waals surface area (Å²) < 4.78 is 0. The molecule has 0 spiro atoms. The summed E-state index contributed by atoms with van der Waals surface area (Å²) >= 11 is 0. The topological polar surface area (TPSA) is 52.7 Å². The molecule has 2 heterocycles. The van der Waals surface area contributed by atoms with Crippen LogP contribution < -0.4 is 5.32 Å². The van der Waals surface area contributed by atoms with Crippen molar-refractivity contribution in [3.8, 4) is 0 Å². The van der Waals surface area contributed by atoms with Crippen molar-refractivity contribution in [3.63, 3.8) is 0 Å². The lowest BCUT2D eigenvalue weighted by molar-refractivity contribution is -0.136. The van der Waals surface area contributed by atoms with Crippen LogP contribution in [0.4, 0.5) is 0 Å². The Kier molecular flexibility index (Phi) is 6.49. The summed E-state index contributed by atoms with van der Waals surface area (Å²) in [5.74, 6) is 0.648. The highest BCUT2D eigenvalue weighted by molar-refractivity contribution is 5.79. The summed E-state index contributed by atoms with van der Waals surface area (Å²) in [7, 11) is 0. The Bertz CT molecular complexity index is 345.